The Morgan fingerprint density at radius 1 is 1.24 bits per heavy atom. The van der Waals surface area contributed by atoms with Crippen LogP contribution in [-0.2, 0) is 29.0 Å². The number of hydrogen-bond acceptors (Lipinski definition) is 4. The maximum atomic E-state index is 11.3. The van der Waals surface area contributed by atoms with Crippen LogP contribution in [0.25, 0.3) is 0 Å². The fraction of sp³-hybridized carbons (Fsp3) is 0.786. The first-order valence-electron chi connectivity index (χ1n) is 7.03. The van der Waals surface area contributed by atoms with Crippen LogP contribution in [-0.4, -0.2) is 36.5 Å². The van der Waals surface area contributed by atoms with E-state index < -0.39 is 15.6 Å². The van der Waals surface area contributed by atoms with Gasteiger partial charge in [0.15, 0.2) is 0 Å². The first-order chi connectivity index (χ1) is 9.30. The van der Waals surface area contributed by atoms with Gasteiger partial charge in [-0.2, -0.15) is 5.10 Å². The number of nitrogens with zero attached hydrogens (tertiary/aromatic N) is 2. The van der Waals surface area contributed by atoms with Crippen molar-refractivity contribution in [1.29, 1.82) is 0 Å². The van der Waals surface area contributed by atoms with Crippen LogP contribution in [0.5, 0.6) is 0 Å². The molecule has 0 aliphatic carbocycles. The van der Waals surface area contributed by atoms with Gasteiger partial charge in [0.1, 0.15) is 0 Å². The maximum Gasteiger partial charge on any atom is 0.209 e. The number of aromatic nitrogens is 2. The third-order valence-corrected chi connectivity index (χ3v) is 3.88. The summed E-state index contributed by atoms with van der Waals surface area (Å²) in [6.45, 7) is 11.3. The molecule has 0 spiro atoms. The summed E-state index contributed by atoms with van der Waals surface area (Å²) in [6, 6.07) is 0. The lowest BCUT2D eigenvalue weighted by Crippen LogP contribution is -2.49. The molecular formula is C14H28N4O2S. The van der Waals surface area contributed by atoms with E-state index in [0.717, 1.165) is 11.3 Å². The fourth-order valence-electron chi connectivity index (χ4n) is 2.35. The van der Waals surface area contributed by atoms with E-state index in [9.17, 15) is 8.42 Å². The number of rotatable bonds is 6. The average Bonchev–Trinajstić information content (AvgIpc) is 2.54. The van der Waals surface area contributed by atoms with Gasteiger partial charge in [0.05, 0.1) is 11.9 Å². The van der Waals surface area contributed by atoms with E-state index in [1.807, 2.05) is 31.8 Å². The second kappa shape index (κ2) is 6.06. The molecule has 1 aromatic rings. The van der Waals surface area contributed by atoms with E-state index in [-0.39, 0.29) is 5.41 Å². The Labute approximate surface area is 128 Å². The van der Waals surface area contributed by atoms with Gasteiger partial charge in [-0.15, -0.1) is 0 Å². The van der Waals surface area contributed by atoms with Gasteiger partial charge in [-0.25, -0.2) is 13.1 Å². The minimum atomic E-state index is -3.21. The molecule has 0 radical (unpaired) electrons. The second-order valence-electron chi connectivity index (χ2n) is 7.29. The monoisotopic (exact) mass is 316 g/mol. The summed E-state index contributed by atoms with van der Waals surface area (Å²) >= 11 is 0. The van der Waals surface area contributed by atoms with Gasteiger partial charge < -0.3 is 5.32 Å². The third kappa shape index (κ3) is 6.15. The van der Waals surface area contributed by atoms with Gasteiger partial charge in [0, 0.05) is 42.9 Å². The van der Waals surface area contributed by atoms with E-state index in [2.05, 4.69) is 35.9 Å². The zero-order valence-electron chi connectivity index (χ0n) is 14.1. The molecule has 0 aromatic carbocycles. The highest BCUT2D eigenvalue weighted by Gasteiger charge is 2.24. The predicted molar refractivity (Wildman–Crippen MR) is 85.7 cm³/mol. The number of sulfonamides is 1. The van der Waals surface area contributed by atoms with Crippen molar-refractivity contribution in [1.82, 2.24) is 19.8 Å². The van der Waals surface area contributed by atoms with E-state index in [4.69, 9.17) is 0 Å². The number of aryl methyl sites for hydroxylation is 1. The number of nitrogens with one attached hydrogen (secondary N) is 2. The van der Waals surface area contributed by atoms with Crippen molar-refractivity contribution in [3.63, 3.8) is 0 Å². The molecule has 2 N–H and O–H groups in total. The molecule has 0 amide bonds. The molecular weight excluding hydrogens is 288 g/mol. The summed E-state index contributed by atoms with van der Waals surface area (Å²) in [5.41, 5.74) is 1.66. The summed E-state index contributed by atoms with van der Waals surface area (Å²) in [5.74, 6) is 0. The number of hydrogen-bond donors (Lipinski definition) is 2. The third-order valence-electron chi connectivity index (χ3n) is 2.96. The van der Waals surface area contributed by atoms with Crippen molar-refractivity contribution in [3.8, 4) is 0 Å². The van der Waals surface area contributed by atoms with Gasteiger partial charge >= 0.3 is 0 Å². The lowest BCUT2D eigenvalue weighted by atomic mass is 9.89. The standard InChI is InChI=1S/C14H28N4O2S/c1-13(2,3)12-11(9-18(6)16-12)8-15-10-14(4,5)17-21(7,19)20/h9,15,17H,8,10H2,1-7H3. The van der Waals surface area contributed by atoms with Crippen LogP contribution < -0.4 is 10.0 Å². The van der Waals surface area contributed by atoms with Crippen LogP contribution in [0.4, 0.5) is 0 Å². The molecule has 0 aliphatic rings. The Bertz CT molecular complexity index is 583. The van der Waals surface area contributed by atoms with Crippen molar-refractivity contribution >= 4 is 10.0 Å². The van der Waals surface area contributed by atoms with Crippen LogP contribution in [0.2, 0.25) is 0 Å². The normalized spacial score (nSPS) is 13.7. The molecule has 1 rings (SSSR count). The van der Waals surface area contributed by atoms with Crippen molar-refractivity contribution in [3.05, 3.63) is 17.5 Å². The minimum absolute atomic E-state index is 0.0151. The van der Waals surface area contributed by atoms with Gasteiger partial charge in [-0.1, -0.05) is 20.8 Å². The summed E-state index contributed by atoms with van der Waals surface area (Å²) < 4.78 is 27.1. The van der Waals surface area contributed by atoms with Gasteiger partial charge in [0.25, 0.3) is 0 Å². The summed E-state index contributed by atoms with van der Waals surface area (Å²) in [7, 11) is -1.30. The topological polar surface area (TPSA) is 76.0 Å². The van der Waals surface area contributed by atoms with Crippen molar-refractivity contribution in [2.45, 2.75) is 52.1 Å². The zero-order valence-corrected chi connectivity index (χ0v) is 14.9. The van der Waals surface area contributed by atoms with Crippen LogP contribution in [0, 0.1) is 0 Å². The second-order valence-corrected chi connectivity index (χ2v) is 9.04. The van der Waals surface area contributed by atoms with Crippen molar-refractivity contribution in [2.75, 3.05) is 12.8 Å². The molecule has 1 aromatic heterocycles. The molecule has 122 valence electrons. The first kappa shape index (κ1) is 18.1. The largest absolute Gasteiger partial charge is 0.311 e. The van der Waals surface area contributed by atoms with E-state index in [1.54, 1.807) is 0 Å². The molecule has 21 heavy (non-hydrogen) atoms. The maximum absolute atomic E-state index is 11.3. The van der Waals surface area contributed by atoms with E-state index in [1.165, 1.54) is 6.26 Å². The Balaban J connectivity index is 2.69. The SMILES string of the molecule is Cn1cc(CNCC(C)(C)NS(C)(=O)=O)c(C(C)(C)C)n1. The fourth-order valence-corrected chi connectivity index (χ4v) is 3.42. The summed E-state index contributed by atoms with van der Waals surface area (Å²) in [5, 5.41) is 7.83. The highest BCUT2D eigenvalue weighted by molar-refractivity contribution is 7.88. The Morgan fingerprint density at radius 3 is 2.29 bits per heavy atom. The molecule has 0 bridgehead atoms. The van der Waals surface area contributed by atoms with Crippen LogP contribution >= 0.6 is 0 Å². The van der Waals surface area contributed by atoms with Crippen molar-refractivity contribution < 1.29 is 8.42 Å². The molecule has 0 unspecified atom stereocenters. The first-order valence-corrected chi connectivity index (χ1v) is 8.92. The molecule has 0 aliphatic heterocycles. The van der Waals surface area contributed by atoms with Crippen molar-refractivity contribution in [2.24, 2.45) is 7.05 Å². The van der Waals surface area contributed by atoms with Gasteiger partial charge in [-0.05, 0) is 13.8 Å². The van der Waals surface area contributed by atoms with Crippen LogP contribution in [0.3, 0.4) is 0 Å². The molecule has 1 heterocycles. The highest BCUT2D eigenvalue weighted by atomic mass is 32.2. The minimum Gasteiger partial charge on any atom is -0.311 e. The van der Waals surface area contributed by atoms with E-state index >= 15 is 0 Å². The van der Waals surface area contributed by atoms with Crippen LogP contribution in [0.1, 0.15) is 45.9 Å². The Kier molecular flexibility index (Phi) is 5.23. The zero-order chi connectivity index (χ0) is 16.5. The lowest BCUT2D eigenvalue weighted by Gasteiger charge is -2.25. The summed E-state index contributed by atoms with van der Waals surface area (Å²) in [6.07, 6.45) is 3.18. The molecule has 0 saturated heterocycles. The molecule has 0 saturated carbocycles. The Hall–Kier alpha value is -0.920. The average molecular weight is 316 g/mol. The smallest absolute Gasteiger partial charge is 0.209 e. The summed E-state index contributed by atoms with van der Waals surface area (Å²) in [4.78, 5) is 0. The molecule has 7 heteroatoms. The molecule has 6 nitrogen and oxygen atoms in total. The molecule has 0 atom stereocenters. The quantitative estimate of drug-likeness (QED) is 0.825. The predicted octanol–water partition coefficient (Wildman–Crippen LogP) is 1.14. The van der Waals surface area contributed by atoms with E-state index in [0.29, 0.717) is 13.1 Å². The van der Waals surface area contributed by atoms with Gasteiger partial charge in [0.2, 0.25) is 10.0 Å². The van der Waals surface area contributed by atoms with Crippen LogP contribution in [0.15, 0.2) is 6.20 Å². The lowest BCUT2D eigenvalue weighted by molar-refractivity contribution is 0.419. The highest BCUT2D eigenvalue weighted by Crippen LogP contribution is 2.24. The van der Waals surface area contributed by atoms with Gasteiger partial charge in [-0.3, -0.25) is 4.68 Å². The molecule has 0 fully saturated rings. The Morgan fingerprint density at radius 2 is 1.81 bits per heavy atom.